The molecule has 1 aromatic rings. The average molecular weight is 256 g/mol. The molecule has 18 heavy (non-hydrogen) atoms. The molecule has 2 aliphatic carbocycles. The van der Waals surface area contributed by atoms with Crippen LogP contribution in [0.2, 0.25) is 0 Å². The minimum Gasteiger partial charge on any atom is -0.143 e. The minimum atomic E-state index is 0.241. The van der Waals surface area contributed by atoms with E-state index in [0.29, 0.717) is 5.92 Å². The second-order valence-electron chi connectivity index (χ2n) is 5.95. The topological polar surface area (TPSA) is 0 Å². The molecule has 0 nitrogen and oxygen atoms in total. The highest BCUT2D eigenvalue weighted by atomic mass is 32.1. The summed E-state index contributed by atoms with van der Waals surface area (Å²) in [7, 11) is 0. The van der Waals surface area contributed by atoms with Crippen molar-refractivity contribution in [2.45, 2.75) is 38.5 Å². The maximum atomic E-state index is 4.75. The summed E-state index contributed by atoms with van der Waals surface area (Å²) in [6.07, 6.45) is 8.19. The summed E-state index contributed by atoms with van der Waals surface area (Å²) in [5, 5.41) is 0. The molecule has 1 atom stereocenters. The van der Waals surface area contributed by atoms with E-state index in [9.17, 15) is 0 Å². The molecule has 0 amide bonds. The van der Waals surface area contributed by atoms with Gasteiger partial charge in [0.05, 0.1) is 0 Å². The standard InChI is InChI=1S/C17H20S/c1-17(2)13-9-7-6-8-12(13)16-14(17)10-4-3-5-11-15(16)18/h5-9,11,14,18H,3-4,10H2,1-2H3/b11-5-,16-15+. The van der Waals surface area contributed by atoms with Crippen molar-refractivity contribution < 1.29 is 0 Å². The van der Waals surface area contributed by atoms with Crippen molar-refractivity contribution in [3.63, 3.8) is 0 Å². The number of hydrogen-bond acceptors (Lipinski definition) is 1. The third kappa shape index (κ3) is 1.68. The summed E-state index contributed by atoms with van der Waals surface area (Å²) in [5.41, 5.74) is 4.62. The molecular weight excluding hydrogens is 236 g/mol. The molecule has 0 radical (unpaired) electrons. The average Bonchev–Trinajstić information content (AvgIpc) is 2.55. The first-order chi connectivity index (χ1) is 8.62. The molecule has 2 aliphatic rings. The molecular formula is C17H20S. The fourth-order valence-electron chi connectivity index (χ4n) is 3.56. The van der Waals surface area contributed by atoms with E-state index in [4.69, 9.17) is 12.6 Å². The van der Waals surface area contributed by atoms with Crippen LogP contribution in [0.25, 0.3) is 5.57 Å². The second-order valence-corrected chi connectivity index (χ2v) is 6.43. The molecule has 1 unspecified atom stereocenters. The number of thiol groups is 1. The fourth-order valence-corrected chi connectivity index (χ4v) is 3.94. The summed E-state index contributed by atoms with van der Waals surface area (Å²) in [6.45, 7) is 4.77. The lowest BCUT2D eigenvalue weighted by molar-refractivity contribution is 0.383. The summed E-state index contributed by atoms with van der Waals surface area (Å²) < 4.78 is 0. The van der Waals surface area contributed by atoms with Crippen molar-refractivity contribution >= 4 is 18.2 Å². The van der Waals surface area contributed by atoms with Gasteiger partial charge in [-0.1, -0.05) is 50.3 Å². The Hall–Kier alpha value is -0.950. The number of benzene rings is 1. The zero-order chi connectivity index (χ0) is 12.8. The molecule has 0 saturated heterocycles. The number of rotatable bonds is 0. The second kappa shape index (κ2) is 4.31. The minimum absolute atomic E-state index is 0.241. The molecule has 0 bridgehead atoms. The van der Waals surface area contributed by atoms with Gasteiger partial charge >= 0.3 is 0 Å². The van der Waals surface area contributed by atoms with Crippen LogP contribution >= 0.6 is 12.6 Å². The van der Waals surface area contributed by atoms with Gasteiger partial charge in [0.15, 0.2) is 0 Å². The van der Waals surface area contributed by atoms with Crippen molar-refractivity contribution in [2.24, 2.45) is 5.92 Å². The Morgan fingerprint density at radius 2 is 2.00 bits per heavy atom. The zero-order valence-electron chi connectivity index (χ0n) is 11.1. The van der Waals surface area contributed by atoms with E-state index in [1.807, 2.05) is 0 Å². The summed E-state index contributed by atoms with van der Waals surface area (Å²) in [4.78, 5) is 1.16. The Bertz CT molecular complexity index is 534. The monoisotopic (exact) mass is 256 g/mol. The first-order valence-electron chi connectivity index (χ1n) is 6.82. The quantitative estimate of drug-likeness (QED) is 0.622. The summed E-state index contributed by atoms with van der Waals surface area (Å²) in [5.74, 6) is 0.618. The molecule has 0 aromatic heterocycles. The maximum Gasteiger partial charge on any atom is 0.00781 e. The van der Waals surface area contributed by atoms with Gasteiger partial charge in [-0.25, -0.2) is 0 Å². The van der Waals surface area contributed by atoms with E-state index in [-0.39, 0.29) is 5.41 Å². The molecule has 0 heterocycles. The Balaban J connectivity index is 2.27. The van der Waals surface area contributed by atoms with Crippen LogP contribution in [0.1, 0.15) is 44.2 Å². The van der Waals surface area contributed by atoms with E-state index < -0.39 is 0 Å². The van der Waals surface area contributed by atoms with Crippen molar-refractivity contribution in [3.8, 4) is 0 Å². The van der Waals surface area contributed by atoms with E-state index >= 15 is 0 Å². The Labute approximate surface area is 115 Å². The number of allylic oxidation sites excluding steroid dienone is 3. The first-order valence-corrected chi connectivity index (χ1v) is 7.26. The highest BCUT2D eigenvalue weighted by molar-refractivity contribution is 7.85. The molecule has 0 saturated carbocycles. The SMILES string of the molecule is CC1(C)c2ccccc2/C2=C(S)/C=C\CCCC21. The molecule has 94 valence electrons. The lowest BCUT2D eigenvalue weighted by atomic mass is 9.74. The lowest BCUT2D eigenvalue weighted by Gasteiger charge is -2.30. The van der Waals surface area contributed by atoms with E-state index in [0.717, 1.165) is 4.91 Å². The number of fused-ring (bicyclic) bond motifs is 3. The Kier molecular flexibility index (Phi) is 2.90. The molecule has 1 aromatic carbocycles. The fraction of sp³-hybridized carbons (Fsp3) is 0.412. The van der Waals surface area contributed by atoms with Gasteiger partial charge in [0.2, 0.25) is 0 Å². The smallest absolute Gasteiger partial charge is 0.00781 e. The van der Waals surface area contributed by atoms with E-state index in [1.165, 1.54) is 36.0 Å². The molecule has 3 rings (SSSR count). The molecule has 0 fully saturated rings. The van der Waals surface area contributed by atoms with Gasteiger partial charge in [-0.2, -0.15) is 0 Å². The van der Waals surface area contributed by atoms with Crippen molar-refractivity contribution in [2.75, 3.05) is 0 Å². The van der Waals surface area contributed by atoms with Gasteiger partial charge in [0.25, 0.3) is 0 Å². The van der Waals surface area contributed by atoms with Crippen LogP contribution in [-0.2, 0) is 5.41 Å². The van der Waals surface area contributed by atoms with Crippen LogP contribution in [0.5, 0.6) is 0 Å². The zero-order valence-corrected chi connectivity index (χ0v) is 12.0. The van der Waals surface area contributed by atoms with Crippen LogP contribution < -0.4 is 0 Å². The number of hydrogen-bond donors (Lipinski definition) is 1. The molecule has 0 N–H and O–H groups in total. The van der Waals surface area contributed by atoms with Gasteiger partial charge in [-0.15, -0.1) is 12.6 Å². The third-order valence-electron chi connectivity index (χ3n) is 4.55. The Morgan fingerprint density at radius 3 is 2.83 bits per heavy atom. The molecule has 0 aliphatic heterocycles. The summed E-state index contributed by atoms with van der Waals surface area (Å²) >= 11 is 4.75. The van der Waals surface area contributed by atoms with Crippen LogP contribution in [0.4, 0.5) is 0 Å². The summed E-state index contributed by atoms with van der Waals surface area (Å²) in [6, 6.07) is 8.86. The lowest BCUT2D eigenvalue weighted by Crippen LogP contribution is -2.24. The van der Waals surface area contributed by atoms with Crippen LogP contribution in [0.3, 0.4) is 0 Å². The van der Waals surface area contributed by atoms with Crippen LogP contribution in [0, 0.1) is 5.92 Å². The first kappa shape index (κ1) is 12.1. The van der Waals surface area contributed by atoms with Gasteiger partial charge in [0, 0.05) is 4.91 Å². The van der Waals surface area contributed by atoms with Gasteiger partial charge in [-0.05, 0) is 47.3 Å². The van der Waals surface area contributed by atoms with Gasteiger partial charge in [-0.3, -0.25) is 0 Å². The van der Waals surface area contributed by atoms with Crippen LogP contribution in [-0.4, -0.2) is 0 Å². The largest absolute Gasteiger partial charge is 0.143 e. The van der Waals surface area contributed by atoms with Crippen LogP contribution in [0.15, 0.2) is 41.3 Å². The van der Waals surface area contributed by atoms with Crippen molar-refractivity contribution in [1.29, 1.82) is 0 Å². The van der Waals surface area contributed by atoms with Gasteiger partial charge in [0.1, 0.15) is 0 Å². The van der Waals surface area contributed by atoms with Gasteiger partial charge < -0.3 is 0 Å². The van der Waals surface area contributed by atoms with E-state index in [2.05, 4.69) is 50.3 Å². The van der Waals surface area contributed by atoms with E-state index in [1.54, 1.807) is 0 Å². The highest BCUT2D eigenvalue weighted by Crippen LogP contribution is 2.53. The van der Waals surface area contributed by atoms with Crippen molar-refractivity contribution in [3.05, 3.63) is 52.4 Å². The normalized spacial score (nSPS) is 31.2. The maximum absolute atomic E-state index is 4.75. The highest BCUT2D eigenvalue weighted by Gasteiger charge is 2.42. The molecule has 0 spiro atoms. The predicted molar refractivity (Wildman–Crippen MR) is 81.9 cm³/mol. The molecule has 1 heteroatoms. The van der Waals surface area contributed by atoms with Crippen molar-refractivity contribution in [1.82, 2.24) is 0 Å². The third-order valence-corrected chi connectivity index (χ3v) is 4.94. The Morgan fingerprint density at radius 1 is 1.22 bits per heavy atom. The predicted octanol–water partition coefficient (Wildman–Crippen LogP) is 4.98.